The fourth-order valence-corrected chi connectivity index (χ4v) is 2.33. The molecule has 0 radical (unpaired) electrons. The number of benzene rings is 1. The summed E-state index contributed by atoms with van der Waals surface area (Å²) >= 11 is 0. The molecule has 0 aliphatic carbocycles. The lowest BCUT2D eigenvalue weighted by Gasteiger charge is -2.25. The fraction of sp³-hybridized carbons (Fsp3) is 0.429. The molecule has 2 rings (SSSR count). The maximum Gasteiger partial charge on any atom is 0.310 e. The zero-order chi connectivity index (χ0) is 14.0. The topological polar surface area (TPSA) is 66.0 Å². The standard InChI is InChI=1S/C14H17FN2O2/c1-3-14(4-2,13(18)19)8-11-16-10-7-5-6-9(15)12(10)17-11/h5-7H,3-4,8H2,1-2H3,(H,16,17)(H,18,19). The Morgan fingerprint density at radius 3 is 2.63 bits per heavy atom. The molecule has 2 N–H and O–H groups in total. The van der Waals surface area contributed by atoms with Gasteiger partial charge in [0.1, 0.15) is 11.3 Å². The van der Waals surface area contributed by atoms with Gasteiger partial charge in [-0.15, -0.1) is 0 Å². The molecular formula is C14H17FN2O2. The van der Waals surface area contributed by atoms with E-state index in [1.807, 2.05) is 13.8 Å². The van der Waals surface area contributed by atoms with E-state index in [9.17, 15) is 14.3 Å². The highest BCUT2D eigenvalue weighted by Gasteiger charge is 2.36. The number of imidazole rings is 1. The Kier molecular flexibility index (Phi) is 3.55. The van der Waals surface area contributed by atoms with Crippen LogP contribution < -0.4 is 0 Å². The lowest BCUT2D eigenvalue weighted by Crippen LogP contribution is -2.32. The molecule has 0 saturated carbocycles. The number of carboxylic acids is 1. The number of hydrogen-bond acceptors (Lipinski definition) is 2. The van der Waals surface area contributed by atoms with Crippen LogP contribution in [0.3, 0.4) is 0 Å². The van der Waals surface area contributed by atoms with Crippen LogP contribution in [0.1, 0.15) is 32.5 Å². The van der Waals surface area contributed by atoms with Crippen molar-refractivity contribution in [2.45, 2.75) is 33.1 Å². The van der Waals surface area contributed by atoms with Crippen LogP contribution in [-0.4, -0.2) is 21.0 Å². The van der Waals surface area contributed by atoms with E-state index in [0.717, 1.165) is 0 Å². The SMILES string of the molecule is CCC(CC)(Cc1nc2c(F)cccc2[nH]1)C(=O)O. The summed E-state index contributed by atoms with van der Waals surface area (Å²) in [5.74, 6) is -0.710. The molecule has 1 aromatic carbocycles. The van der Waals surface area contributed by atoms with Gasteiger partial charge in [-0.2, -0.15) is 0 Å². The van der Waals surface area contributed by atoms with Crippen molar-refractivity contribution in [2.75, 3.05) is 0 Å². The second-order valence-electron chi connectivity index (χ2n) is 4.79. The van der Waals surface area contributed by atoms with E-state index in [1.54, 1.807) is 12.1 Å². The van der Waals surface area contributed by atoms with Gasteiger partial charge in [0.05, 0.1) is 10.9 Å². The van der Waals surface area contributed by atoms with E-state index in [-0.39, 0.29) is 11.9 Å². The largest absolute Gasteiger partial charge is 0.481 e. The van der Waals surface area contributed by atoms with Crippen LogP contribution in [0, 0.1) is 11.2 Å². The third kappa shape index (κ3) is 2.32. The minimum atomic E-state index is -0.843. The first-order valence-corrected chi connectivity index (χ1v) is 6.39. The van der Waals surface area contributed by atoms with Crippen LogP contribution in [0.5, 0.6) is 0 Å². The van der Waals surface area contributed by atoms with Crippen molar-refractivity contribution in [3.8, 4) is 0 Å². The van der Waals surface area contributed by atoms with Gasteiger partial charge in [0.15, 0.2) is 5.82 Å². The second-order valence-corrected chi connectivity index (χ2v) is 4.79. The number of fused-ring (bicyclic) bond motifs is 1. The van der Waals surface area contributed by atoms with Crippen LogP contribution >= 0.6 is 0 Å². The molecule has 5 heteroatoms. The molecular weight excluding hydrogens is 247 g/mol. The molecule has 0 aliphatic rings. The van der Waals surface area contributed by atoms with E-state index in [4.69, 9.17) is 0 Å². The van der Waals surface area contributed by atoms with Gasteiger partial charge in [-0.05, 0) is 25.0 Å². The summed E-state index contributed by atoms with van der Waals surface area (Å²) in [7, 11) is 0. The minimum absolute atomic E-state index is 0.268. The molecule has 0 fully saturated rings. The molecule has 0 unspecified atom stereocenters. The number of H-pyrrole nitrogens is 1. The number of aliphatic carboxylic acids is 1. The van der Waals surface area contributed by atoms with E-state index < -0.39 is 17.2 Å². The van der Waals surface area contributed by atoms with Crippen molar-refractivity contribution in [3.05, 3.63) is 29.8 Å². The number of aromatic nitrogens is 2. The van der Waals surface area contributed by atoms with Crippen LogP contribution in [0.4, 0.5) is 4.39 Å². The number of carboxylic acid groups (broad SMARTS) is 1. The Hall–Kier alpha value is -1.91. The number of nitrogens with one attached hydrogen (secondary N) is 1. The maximum absolute atomic E-state index is 13.6. The van der Waals surface area contributed by atoms with Crippen molar-refractivity contribution >= 4 is 17.0 Å². The highest BCUT2D eigenvalue weighted by Crippen LogP contribution is 2.31. The number of carbonyl (C=O) groups is 1. The van der Waals surface area contributed by atoms with Crippen LogP contribution in [0.15, 0.2) is 18.2 Å². The summed E-state index contributed by atoms with van der Waals surface area (Å²) in [6, 6.07) is 4.68. The van der Waals surface area contributed by atoms with E-state index in [0.29, 0.717) is 24.2 Å². The molecule has 0 saturated heterocycles. The van der Waals surface area contributed by atoms with E-state index in [2.05, 4.69) is 9.97 Å². The summed E-state index contributed by atoms with van der Waals surface area (Å²) in [6.07, 6.45) is 1.31. The molecule has 0 atom stereocenters. The molecule has 19 heavy (non-hydrogen) atoms. The van der Waals surface area contributed by atoms with E-state index in [1.165, 1.54) is 6.07 Å². The summed E-state index contributed by atoms with van der Waals surface area (Å²) < 4.78 is 13.6. The predicted octanol–water partition coefficient (Wildman–Crippen LogP) is 3.14. The second kappa shape index (κ2) is 4.99. The number of aromatic amines is 1. The van der Waals surface area contributed by atoms with Gasteiger partial charge >= 0.3 is 5.97 Å². The summed E-state index contributed by atoms with van der Waals surface area (Å²) in [5, 5.41) is 9.40. The van der Waals surface area contributed by atoms with Gasteiger partial charge in [-0.3, -0.25) is 4.79 Å². The van der Waals surface area contributed by atoms with E-state index >= 15 is 0 Å². The third-order valence-corrected chi connectivity index (χ3v) is 3.83. The lowest BCUT2D eigenvalue weighted by atomic mass is 9.79. The fourth-order valence-electron chi connectivity index (χ4n) is 2.33. The third-order valence-electron chi connectivity index (χ3n) is 3.83. The normalized spacial score (nSPS) is 11.9. The Bertz CT molecular complexity index is 603. The van der Waals surface area contributed by atoms with Crippen molar-refractivity contribution in [1.29, 1.82) is 0 Å². The van der Waals surface area contributed by atoms with Gasteiger partial charge in [-0.25, -0.2) is 9.37 Å². The highest BCUT2D eigenvalue weighted by molar-refractivity contribution is 5.77. The zero-order valence-electron chi connectivity index (χ0n) is 11.0. The number of rotatable bonds is 5. The average molecular weight is 264 g/mol. The Balaban J connectivity index is 2.40. The molecule has 2 aromatic rings. The molecule has 102 valence electrons. The first-order valence-electron chi connectivity index (χ1n) is 6.39. The Morgan fingerprint density at radius 2 is 2.11 bits per heavy atom. The van der Waals surface area contributed by atoms with Crippen molar-refractivity contribution < 1.29 is 14.3 Å². The van der Waals surface area contributed by atoms with Gasteiger partial charge in [0, 0.05) is 6.42 Å². The van der Waals surface area contributed by atoms with Crippen molar-refractivity contribution in [3.63, 3.8) is 0 Å². The number of halogens is 1. The molecule has 0 bridgehead atoms. The van der Waals surface area contributed by atoms with Crippen LogP contribution in [-0.2, 0) is 11.2 Å². The summed E-state index contributed by atoms with van der Waals surface area (Å²) in [6.45, 7) is 3.70. The Labute approximate surface area is 110 Å². The highest BCUT2D eigenvalue weighted by atomic mass is 19.1. The summed E-state index contributed by atoms with van der Waals surface area (Å²) in [5.41, 5.74) is 0.0233. The zero-order valence-corrected chi connectivity index (χ0v) is 11.0. The maximum atomic E-state index is 13.6. The quantitative estimate of drug-likeness (QED) is 0.871. The number of para-hydroxylation sites is 1. The van der Waals surface area contributed by atoms with Gasteiger partial charge in [0.2, 0.25) is 0 Å². The van der Waals surface area contributed by atoms with Crippen molar-refractivity contribution in [2.24, 2.45) is 5.41 Å². The number of hydrogen-bond donors (Lipinski definition) is 2. The van der Waals surface area contributed by atoms with Crippen LogP contribution in [0.25, 0.3) is 11.0 Å². The average Bonchev–Trinajstić information content (AvgIpc) is 2.79. The first-order chi connectivity index (χ1) is 9.02. The minimum Gasteiger partial charge on any atom is -0.481 e. The predicted molar refractivity (Wildman–Crippen MR) is 70.4 cm³/mol. The molecule has 0 amide bonds. The molecule has 0 spiro atoms. The smallest absolute Gasteiger partial charge is 0.310 e. The number of nitrogens with zero attached hydrogens (tertiary/aromatic N) is 1. The summed E-state index contributed by atoms with van der Waals surface area (Å²) in [4.78, 5) is 18.6. The molecule has 1 heterocycles. The first kappa shape index (κ1) is 13.5. The molecule has 1 aromatic heterocycles. The lowest BCUT2D eigenvalue weighted by molar-refractivity contribution is -0.149. The molecule has 0 aliphatic heterocycles. The van der Waals surface area contributed by atoms with Gasteiger partial charge in [-0.1, -0.05) is 19.9 Å². The van der Waals surface area contributed by atoms with Gasteiger partial charge in [0.25, 0.3) is 0 Å². The van der Waals surface area contributed by atoms with Gasteiger partial charge < -0.3 is 10.1 Å². The monoisotopic (exact) mass is 264 g/mol. The van der Waals surface area contributed by atoms with Crippen LogP contribution in [0.2, 0.25) is 0 Å². The van der Waals surface area contributed by atoms with Crippen molar-refractivity contribution in [1.82, 2.24) is 9.97 Å². The molecule has 4 nitrogen and oxygen atoms in total. The Morgan fingerprint density at radius 1 is 1.42 bits per heavy atom.